The molecule has 0 spiro atoms. The Hall–Kier alpha value is -0.280. The minimum absolute atomic E-state index is 0.396. The standard InChI is InChI=1S/C8H16O7/c9-1-2-14-7-5(12)8(13)15-6(7)4(11)3-10/h4-13H,1-3H2/t4-,5-,6-,7-,8?/m1/s1/i1D/t1?,4-,5-,6-,7-,8?. The molecular formula is C8H16O7. The molecule has 1 fully saturated rings. The molecule has 2 unspecified atom stereocenters. The summed E-state index contributed by atoms with van der Waals surface area (Å²) >= 11 is 0. The van der Waals surface area contributed by atoms with Crippen LogP contribution in [0.5, 0.6) is 0 Å². The van der Waals surface area contributed by atoms with Crippen LogP contribution in [-0.2, 0) is 9.47 Å². The Labute approximate surface area is 87.9 Å². The summed E-state index contributed by atoms with van der Waals surface area (Å²) in [4.78, 5) is 0. The van der Waals surface area contributed by atoms with Gasteiger partial charge in [0.1, 0.15) is 24.4 Å². The Morgan fingerprint density at radius 1 is 1.40 bits per heavy atom. The van der Waals surface area contributed by atoms with Crippen LogP contribution in [0.15, 0.2) is 0 Å². The lowest BCUT2D eigenvalue weighted by Crippen LogP contribution is -2.42. The zero-order valence-electron chi connectivity index (χ0n) is 8.93. The molecule has 1 saturated heterocycles. The van der Waals surface area contributed by atoms with Crippen molar-refractivity contribution in [3.8, 4) is 0 Å². The van der Waals surface area contributed by atoms with Gasteiger partial charge in [-0.25, -0.2) is 0 Å². The SMILES string of the molecule is [2H]C(O)CO[C@H]1[C@@H]([C@H](O)CO)OC(O)[C@@H]1O. The van der Waals surface area contributed by atoms with Gasteiger partial charge in [0, 0.05) is 0 Å². The van der Waals surface area contributed by atoms with E-state index in [1.54, 1.807) is 0 Å². The lowest BCUT2D eigenvalue weighted by atomic mass is 10.1. The van der Waals surface area contributed by atoms with Crippen LogP contribution in [0.25, 0.3) is 0 Å². The largest absolute Gasteiger partial charge is 0.394 e. The van der Waals surface area contributed by atoms with Crippen molar-refractivity contribution in [3.63, 3.8) is 0 Å². The average molecular weight is 225 g/mol. The second-order valence-electron chi connectivity index (χ2n) is 3.21. The van der Waals surface area contributed by atoms with E-state index in [0.717, 1.165) is 0 Å². The van der Waals surface area contributed by atoms with Gasteiger partial charge in [0.15, 0.2) is 6.29 Å². The van der Waals surface area contributed by atoms with E-state index in [-0.39, 0.29) is 0 Å². The molecule has 90 valence electrons. The van der Waals surface area contributed by atoms with E-state index < -0.39 is 50.5 Å². The molecule has 1 rings (SSSR count). The van der Waals surface area contributed by atoms with Crippen LogP contribution < -0.4 is 0 Å². The van der Waals surface area contributed by atoms with Gasteiger partial charge in [-0.3, -0.25) is 0 Å². The maximum absolute atomic E-state index is 9.45. The van der Waals surface area contributed by atoms with Gasteiger partial charge < -0.3 is 35.0 Å². The van der Waals surface area contributed by atoms with Crippen molar-refractivity contribution in [2.45, 2.75) is 30.7 Å². The first-order chi connectivity index (χ1) is 7.47. The highest BCUT2D eigenvalue weighted by molar-refractivity contribution is 4.91. The van der Waals surface area contributed by atoms with Crippen LogP contribution in [0.1, 0.15) is 1.37 Å². The number of rotatable bonds is 5. The van der Waals surface area contributed by atoms with E-state index in [4.69, 9.17) is 21.1 Å². The summed E-state index contributed by atoms with van der Waals surface area (Å²) in [7, 11) is 0. The van der Waals surface area contributed by atoms with E-state index in [9.17, 15) is 15.3 Å². The normalized spacial score (nSPS) is 41.3. The van der Waals surface area contributed by atoms with Gasteiger partial charge in [0.25, 0.3) is 0 Å². The molecule has 15 heavy (non-hydrogen) atoms. The first-order valence-electron chi connectivity index (χ1n) is 5.07. The van der Waals surface area contributed by atoms with E-state index in [2.05, 4.69) is 0 Å². The predicted octanol–water partition coefficient (Wildman–Crippen LogP) is -3.20. The smallest absolute Gasteiger partial charge is 0.184 e. The number of ether oxygens (including phenoxy) is 2. The molecule has 7 heteroatoms. The third-order valence-corrected chi connectivity index (χ3v) is 2.18. The van der Waals surface area contributed by atoms with Gasteiger partial charge in [-0.05, 0) is 0 Å². The summed E-state index contributed by atoms with van der Waals surface area (Å²) in [6, 6.07) is 0. The highest BCUT2D eigenvalue weighted by Gasteiger charge is 2.46. The molecule has 1 aliphatic heterocycles. The molecule has 0 radical (unpaired) electrons. The second kappa shape index (κ2) is 5.71. The molecule has 0 saturated carbocycles. The van der Waals surface area contributed by atoms with Crippen LogP contribution in [0.4, 0.5) is 0 Å². The van der Waals surface area contributed by atoms with Crippen LogP contribution >= 0.6 is 0 Å². The van der Waals surface area contributed by atoms with Gasteiger partial charge in [-0.2, -0.15) is 0 Å². The minimum Gasteiger partial charge on any atom is -0.394 e. The molecule has 5 N–H and O–H groups in total. The van der Waals surface area contributed by atoms with Crippen LogP contribution in [0.2, 0.25) is 0 Å². The molecular weight excluding hydrogens is 208 g/mol. The number of hydrogen-bond donors (Lipinski definition) is 5. The minimum atomic E-state index is -1.53. The van der Waals surface area contributed by atoms with Crippen LogP contribution in [0.3, 0.4) is 0 Å². The van der Waals surface area contributed by atoms with Gasteiger partial charge in [-0.15, -0.1) is 0 Å². The molecule has 6 atom stereocenters. The van der Waals surface area contributed by atoms with E-state index >= 15 is 0 Å². The van der Waals surface area contributed by atoms with Crippen molar-refractivity contribution in [3.05, 3.63) is 0 Å². The van der Waals surface area contributed by atoms with Gasteiger partial charge in [0.2, 0.25) is 0 Å². The maximum Gasteiger partial charge on any atom is 0.184 e. The summed E-state index contributed by atoms with van der Waals surface area (Å²) in [6.45, 7) is -2.50. The van der Waals surface area contributed by atoms with E-state index in [0.29, 0.717) is 0 Å². The third-order valence-electron chi connectivity index (χ3n) is 2.18. The zero-order chi connectivity index (χ0) is 12.3. The fourth-order valence-corrected chi connectivity index (χ4v) is 1.44. The number of aliphatic hydroxyl groups is 5. The molecule has 1 heterocycles. The second-order valence-corrected chi connectivity index (χ2v) is 3.21. The van der Waals surface area contributed by atoms with Gasteiger partial charge in [0.05, 0.1) is 21.2 Å². The molecule has 0 aliphatic carbocycles. The van der Waals surface area contributed by atoms with Crippen molar-refractivity contribution >= 4 is 0 Å². The van der Waals surface area contributed by atoms with E-state index in [1.165, 1.54) is 0 Å². The Balaban J connectivity index is 2.60. The first kappa shape index (κ1) is 11.2. The monoisotopic (exact) mass is 225 g/mol. The van der Waals surface area contributed by atoms with Gasteiger partial charge in [-0.1, -0.05) is 0 Å². The molecule has 0 aromatic rings. The van der Waals surface area contributed by atoms with Crippen molar-refractivity contribution in [1.29, 1.82) is 0 Å². The fourth-order valence-electron chi connectivity index (χ4n) is 1.44. The average Bonchev–Trinajstić information content (AvgIpc) is 2.52. The van der Waals surface area contributed by atoms with Crippen molar-refractivity contribution in [1.82, 2.24) is 0 Å². The van der Waals surface area contributed by atoms with E-state index in [1.807, 2.05) is 0 Å². The predicted molar refractivity (Wildman–Crippen MR) is 46.8 cm³/mol. The lowest BCUT2D eigenvalue weighted by molar-refractivity contribution is -0.151. The topological polar surface area (TPSA) is 120 Å². The summed E-state index contributed by atoms with van der Waals surface area (Å²) in [5.41, 5.74) is 0. The Kier molecular flexibility index (Phi) is 4.27. The molecule has 7 nitrogen and oxygen atoms in total. The summed E-state index contributed by atoms with van der Waals surface area (Å²) in [5, 5.41) is 45.4. The van der Waals surface area contributed by atoms with Crippen LogP contribution in [-0.4, -0.2) is 76.0 Å². The van der Waals surface area contributed by atoms with Crippen LogP contribution in [0, 0.1) is 0 Å². The lowest BCUT2D eigenvalue weighted by Gasteiger charge is -2.22. The zero-order valence-corrected chi connectivity index (χ0v) is 7.93. The highest BCUT2D eigenvalue weighted by atomic mass is 16.7. The van der Waals surface area contributed by atoms with Crippen molar-refractivity contribution < 1.29 is 36.4 Å². The summed E-state index contributed by atoms with van der Waals surface area (Å²) in [5.74, 6) is 0. The van der Waals surface area contributed by atoms with Crippen molar-refractivity contribution in [2.75, 3.05) is 19.8 Å². The quantitative estimate of drug-likeness (QED) is 0.334. The summed E-state index contributed by atoms with van der Waals surface area (Å²) < 4.78 is 16.5. The molecule has 0 aromatic heterocycles. The maximum atomic E-state index is 9.45. The number of hydrogen-bond acceptors (Lipinski definition) is 7. The Morgan fingerprint density at radius 2 is 2.07 bits per heavy atom. The molecule has 1 aliphatic rings. The molecule has 0 bridgehead atoms. The van der Waals surface area contributed by atoms with Gasteiger partial charge >= 0.3 is 0 Å². The first-order valence-corrected chi connectivity index (χ1v) is 4.49. The third kappa shape index (κ3) is 2.85. The Bertz CT molecular complexity index is 215. The van der Waals surface area contributed by atoms with Crippen molar-refractivity contribution in [2.24, 2.45) is 0 Å². The molecule has 0 amide bonds. The number of aliphatic hydroxyl groups excluding tert-OH is 5. The fraction of sp³-hybridized carbons (Fsp3) is 1.00. The molecule has 0 aromatic carbocycles. The highest BCUT2D eigenvalue weighted by Crippen LogP contribution is 2.24. The Morgan fingerprint density at radius 3 is 2.60 bits per heavy atom. The summed E-state index contributed by atoms with van der Waals surface area (Å²) in [6.07, 6.45) is -6.45.